The molecule has 4 N–H and O–H groups in total. The first-order valence-electron chi connectivity index (χ1n) is 6.77. The number of carbonyl (C=O) groups is 2. The maximum absolute atomic E-state index is 12.4. The number of nitrogens with two attached hydrogens (primary N) is 1. The summed E-state index contributed by atoms with van der Waals surface area (Å²) in [6, 6.07) is 4.20. The van der Waals surface area contributed by atoms with E-state index in [1.807, 2.05) is 0 Å². The van der Waals surface area contributed by atoms with Crippen molar-refractivity contribution in [1.82, 2.24) is 10.2 Å². The number of carbonyl (C=O) groups excluding carboxylic acids is 2. The SMILES string of the molecule is Nc1ccc2c(c1)C(O)N([C@H]1CCCCNC1=O)C2=O. The number of nitrogens with zero attached hydrogens (tertiary/aromatic N) is 1. The van der Waals surface area contributed by atoms with Crippen LogP contribution in [0, 0.1) is 0 Å². The molecular formula is C14H17N3O3. The highest BCUT2D eigenvalue weighted by Crippen LogP contribution is 2.35. The molecule has 3 rings (SSSR count). The summed E-state index contributed by atoms with van der Waals surface area (Å²) in [5.41, 5.74) is 7.08. The third kappa shape index (κ3) is 1.92. The molecule has 0 radical (unpaired) electrons. The molecule has 1 fully saturated rings. The summed E-state index contributed by atoms with van der Waals surface area (Å²) in [5, 5.41) is 13.1. The number of rotatable bonds is 1. The predicted octanol–water partition coefficient (Wildman–Crippen LogP) is 0.384. The quantitative estimate of drug-likeness (QED) is 0.646. The van der Waals surface area contributed by atoms with Gasteiger partial charge in [-0.3, -0.25) is 14.5 Å². The van der Waals surface area contributed by atoms with Crippen molar-refractivity contribution in [2.24, 2.45) is 0 Å². The van der Waals surface area contributed by atoms with E-state index in [-0.39, 0.29) is 11.8 Å². The number of aliphatic hydroxyl groups excluding tert-OH is 1. The molecular weight excluding hydrogens is 258 g/mol. The predicted molar refractivity (Wildman–Crippen MR) is 72.6 cm³/mol. The van der Waals surface area contributed by atoms with Gasteiger partial charge in [-0.1, -0.05) is 0 Å². The van der Waals surface area contributed by atoms with Crippen LogP contribution in [0.15, 0.2) is 18.2 Å². The minimum Gasteiger partial charge on any atom is -0.399 e. The van der Waals surface area contributed by atoms with Crippen molar-refractivity contribution in [2.45, 2.75) is 31.5 Å². The Bertz CT molecular complexity index is 573. The monoisotopic (exact) mass is 275 g/mol. The van der Waals surface area contributed by atoms with Crippen LogP contribution >= 0.6 is 0 Å². The maximum atomic E-state index is 12.4. The maximum Gasteiger partial charge on any atom is 0.257 e. The van der Waals surface area contributed by atoms with E-state index in [9.17, 15) is 14.7 Å². The van der Waals surface area contributed by atoms with E-state index in [0.717, 1.165) is 12.8 Å². The molecule has 0 spiro atoms. The Labute approximate surface area is 116 Å². The van der Waals surface area contributed by atoms with E-state index in [1.165, 1.54) is 4.90 Å². The van der Waals surface area contributed by atoms with E-state index >= 15 is 0 Å². The molecule has 0 saturated carbocycles. The standard InChI is InChI=1S/C14H17N3O3/c15-8-4-5-9-10(7-8)14(20)17(13(9)19)11-3-1-2-6-16-12(11)18/h4-5,7,11,14,20H,1-3,6,15H2,(H,16,18)/t11-,14?/m0/s1. The van der Waals surface area contributed by atoms with Gasteiger partial charge in [0.2, 0.25) is 5.91 Å². The molecule has 6 heteroatoms. The topological polar surface area (TPSA) is 95.7 Å². The summed E-state index contributed by atoms with van der Waals surface area (Å²) in [6.45, 7) is 0.618. The van der Waals surface area contributed by atoms with Crippen LogP contribution in [-0.4, -0.2) is 34.4 Å². The molecule has 0 aliphatic carbocycles. The Kier molecular flexibility index (Phi) is 3.10. The minimum absolute atomic E-state index is 0.198. The van der Waals surface area contributed by atoms with Crippen LogP contribution in [0.4, 0.5) is 5.69 Å². The number of hydrogen-bond donors (Lipinski definition) is 3. The highest BCUT2D eigenvalue weighted by atomic mass is 16.3. The smallest absolute Gasteiger partial charge is 0.257 e. The Morgan fingerprint density at radius 1 is 1.30 bits per heavy atom. The lowest BCUT2D eigenvalue weighted by molar-refractivity contribution is -0.128. The first-order chi connectivity index (χ1) is 9.59. The average Bonchev–Trinajstić information content (AvgIpc) is 2.57. The summed E-state index contributed by atoms with van der Waals surface area (Å²) in [7, 11) is 0. The van der Waals surface area contributed by atoms with Crippen LogP contribution in [-0.2, 0) is 4.79 Å². The van der Waals surface area contributed by atoms with Crippen LogP contribution < -0.4 is 11.1 Å². The van der Waals surface area contributed by atoms with Gasteiger partial charge in [-0.15, -0.1) is 0 Å². The van der Waals surface area contributed by atoms with Gasteiger partial charge in [-0.25, -0.2) is 0 Å². The first kappa shape index (κ1) is 12.9. The Morgan fingerprint density at radius 2 is 2.10 bits per heavy atom. The van der Waals surface area contributed by atoms with Crippen molar-refractivity contribution >= 4 is 17.5 Å². The van der Waals surface area contributed by atoms with Crippen LogP contribution in [0.2, 0.25) is 0 Å². The van der Waals surface area contributed by atoms with Crippen molar-refractivity contribution in [1.29, 1.82) is 0 Å². The molecule has 20 heavy (non-hydrogen) atoms. The molecule has 2 atom stereocenters. The molecule has 106 valence electrons. The third-order valence-electron chi connectivity index (χ3n) is 3.92. The largest absolute Gasteiger partial charge is 0.399 e. The highest BCUT2D eigenvalue weighted by molar-refractivity contribution is 6.02. The van der Waals surface area contributed by atoms with Gasteiger partial charge >= 0.3 is 0 Å². The van der Waals surface area contributed by atoms with Crippen molar-refractivity contribution in [3.05, 3.63) is 29.3 Å². The number of amides is 2. The lowest BCUT2D eigenvalue weighted by atomic mass is 10.1. The van der Waals surface area contributed by atoms with Crippen LogP contribution in [0.3, 0.4) is 0 Å². The van der Waals surface area contributed by atoms with Gasteiger partial charge in [0.25, 0.3) is 5.91 Å². The number of anilines is 1. The summed E-state index contributed by atoms with van der Waals surface area (Å²) in [6.07, 6.45) is 1.20. The second-order valence-electron chi connectivity index (χ2n) is 5.24. The lowest BCUT2D eigenvalue weighted by Gasteiger charge is -2.28. The zero-order valence-electron chi connectivity index (χ0n) is 11.0. The summed E-state index contributed by atoms with van der Waals surface area (Å²) in [4.78, 5) is 25.8. The number of benzene rings is 1. The van der Waals surface area contributed by atoms with E-state index in [1.54, 1.807) is 18.2 Å². The van der Waals surface area contributed by atoms with Gasteiger partial charge in [-0.05, 0) is 37.5 Å². The number of hydrogen-bond acceptors (Lipinski definition) is 4. The normalized spacial score (nSPS) is 26.1. The van der Waals surface area contributed by atoms with E-state index in [4.69, 9.17) is 5.73 Å². The molecule has 2 aliphatic heterocycles. The number of nitrogen functional groups attached to an aromatic ring is 1. The van der Waals surface area contributed by atoms with E-state index in [2.05, 4.69) is 5.32 Å². The van der Waals surface area contributed by atoms with Crippen LogP contribution in [0.5, 0.6) is 0 Å². The van der Waals surface area contributed by atoms with Gasteiger partial charge in [0.05, 0.1) is 0 Å². The Balaban J connectivity index is 1.96. The van der Waals surface area contributed by atoms with Crippen molar-refractivity contribution in [3.8, 4) is 0 Å². The molecule has 0 aromatic heterocycles. The molecule has 1 aromatic rings. The van der Waals surface area contributed by atoms with Crippen molar-refractivity contribution in [2.75, 3.05) is 12.3 Å². The van der Waals surface area contributed by atoms with E-state index in [0.29, 0.717) is 29.8 Å². The summed E-state index contributed by atoms with van der Waals surface area (Å²) >= 11 is 0. The molecule has 1 saturated heterocycles. The minimum atomic E-state index is -1.10. The molecule has 6 nitrogen and oxygen atoms in total. The number of fused-ring (bicyclic) bond motifs is 1. The third-order valence-corrected chi connectivity index (χ3v) is 3.92. The molecule has 2 aliphatic rings. The van der Waals surface area contributed by atoms with Crippen molar-refractivity contribution < 1.29 is 14.7 Å². The summed E-state index contributed by atoms with van der Waals surface area (Å²) in [5.74, 6) is -0.509. The first-order valence-corrected chi connectivity index (χ1v) is 6.77. The second kappa shape index (κ2) is 4.79. The molecule has 0 bridgehead atoms. The van der Waals surface area contributed by atoms with Gasteiger partial charge in [0, 0.05) is 23.4 Å². The van der Waals surface area contributed by atoms with Gasteiger partial charge in [-0.2, -0.15) is 0 Å². The zero-order chi connectivity index (χ0) is 14.3. The Hall–Kier alpha value is -2.08. The van der Waals surface area contributed by atoms with Crippen molar-refractivity contribution in [3.63, 3.8) is 0 Å². The number of nitrogens with one attached hydrogen (secondary N) is 1. The fraction of sp³-hybridized carbons (Fsp3) is 0.429. The Morgan fingerprint density at radius 3 is 2.90 bits per heavy atom. The molecule has 1 unspecified atom stereocenters. The molecule has 1 aromatic carbocycles. The van der Waals surface area contributed by atoms with Gasteiger partial charge in [0.1, 0.15) is 6.04 Å². The fourth-order valence-electron chi connectivity index (χ4n) is 2.89. The average molecular weight is 275 g/mol. The van der Waals surface area contributed by atoms with Crippen LogP contribution in [0.1, 0.15) is 41.4 Å². The molecule has 2 heterocycles. The fourth-order valence-corrected chi connectivity index (χ4v) is 2.89. The highest BCUT2D eigenvalue weighted by Gasteiger charge is 2.42. The number of aliphatic hydroxyl groups is 1. The molecule has 2 amide bonds. The van der Waals surface area contributed by atoms with Gasteiger partial charge < -0.3 is 16.2 Å². The zero-order valence-corrected chi connectivity index (χ0v) is 11.0. The second-order valence-corrected chi connectivity index (χ2v) is 5.24. The van der Waals surface area contributed by atoms with E-state index < -0.39 is 12.3 Å². The van der Waals surface area contributed by atoms with Crippen LogP contribution in [0.25, 0.3) is 0 Å². The van der Waals surface area contributed by atoms with Gasteiger partial charge in [0.15, 0.2) is 6.23 Å². The lowest BCUT2D eigenvalue weighted by Crippen LogP contribution is -2.47. The summed E-state index contributed by atoms with van der Waals surface area (Å²) < 4.78 is 0.